The van der Waals surface area contributed by atoms with Crippen LogP contribution < -0.4 is 10.1 Å². The van der Waals surface area contributed by atoms with Crippen molar-refractivity contribution < 1.29 is 26.7 Å². The van der Waals surface area contributed by atoms with Crippen LogP contribution in [0.3, 0.4) is 0 Å². The molecule has 192 valence electrons. The van der Waals surface area contributed by atoms with E-state index in [-0.39, 0.29) is 29.3 Å². The average Bonchev–Trinajstić information content (AvgIpc) is 3.39. The number of anilines is 1. The van der Waals surface area contributed by atoms with Gasteiger partial charge in [0.2, 0.25) is 11.8 Å². The number of piperidine rings is 1. The molecule has 1 saturated heterocycles. The molecule has 9 nitrogen and oxygen atoms in total. The lowest BCUT2D eigenvalue weighted by molar-refractivity contribution is -0.0675. The number of likely N-dealkylation sites (tertiary alicyclic amines) is 1. The van der Waals surface area contributed by atoms with Crippen molar-refractivity contribution in [2.75, 3.05) is 32.6 Å². The number of alkyl halides is 4. The highest BCUT2D eigenvalue weighted by molar-refractivity contribution is 5.89. The van der Waals surface area contributed by atoms with Gasteiger partial charge in [-0.15, -0.1) is 10.2 Å². The molecule has 36 heavy (non-hydrogen) atoms. The van der Waals surface area contributed by atoms with E-state index in [0.29, 0.717) is 23.1 Å². The summed E-state index contributed by atoms with van der Waals surface area (Å²) in [6, 6.07) is 2.16. The summed E-state index contributed by atoms with van der Waals surface area (Å²) < 4.78 is 78.5. The smallest absolute Gasteiger partial charge is 0.280 e. The summed E-state index contributed by atoms with van der Waals surface area (Å²) in [7, 11) is 2.94. The largest absolute Gasteiger partial charge is 0.479 e. The molecule has 0 radical (unpaired) electrons. The Morgan fingerprint density at radius 2 is 2.03 bits per heavy atom. The van der Waals surface area contributed by atoms with Crippen molar-refractivity contribution in [1.82, 2.24) is 34.5 Å². The topological polar surface area (TPSA) is 85.4 Å². The quantitative estimate of drug-likeness (QED) is 0.394. The number of methoxy groups -OCH3 is 1. The van der Waals surface area contributed by atoms with Crippen LogP contribution in [-0.4, -0.2) is 80.1 Å². The average molecular weight is 510 g/mol. The third-order valence-electron chi connectivity index (χ3n) is 6.35. The molecular formula is C22H23F5N8O. The zero-order valence-electron chi connectivity index (χ0n) is 19.6. The molecule has 0 aliphatic carbocycles. The third kappa shape index (κ3) is 4.08. The van der Waals surface area contributed by atoms with Gasteiger partial charge in [-0.3, -0.25) is 0 Å². The van der Waals surface area contributed by atoms with Gasteiger partial charge in [0.1, 0.15) is 17.1 Å². The lowest BCUT2D eigenvalue weighted by Gasteiger charge is -2.36. The maximum absolute atomic E-state index is 15.2. The van der Waals surface area contributed by atoms with Crippen molar-refractivity contribution in [2.45, 2.75) is 37.8 Å². The second kappa shape index (κ2) is 8.84. The lowest BCUT2D eigenvalue weighted by atomic mass is 10.0. The van der Waals surface area contributed by atoms with Gasteiger partial charge in [0.05, 0.1) is 37.0 Å². The fourth-order valence-corrected chi connectivity index (χ4v) is 4.44. The van der Waals surface area contributed by atoms with Crippen molar-refractivity contribution in [1.29, 1.82) is 0 Å². The Bertz CT molecular complexity index is 1420. The number of nitrogens with zero attached hydrogens (tertiary/aromatic N) is 7. The SMILES string of the molecule is COc1nc(N[C@@H]2CCN(C)CC2(F)F)nn2cc(F)c(-c3ccc4nnn([C@@H](C)C(F)F)c4c3)c12. The fourth-order valence-electron chi connectivity index (χ4n) is 4.44. The van der Waals surface area contributed by atoms with Crippen molar-refractivity contribution in [3.8, 4) is 17.0 Å². The number of rotatable bonds is 6. The maximum atomic E-state index is 15.2. The first-order chi connectivity index (χ1) is 17.1. The number of nitrogens with one attached hydrogen (secondary N) is 1. The van der Waals surface area contributed by atoms with E-state index < -0.39 is 36.8 Å². The molecule has 2 atom stereocenters. The van der Waals surface area contributed by atoms with Crippen LogP contribution in [0.5, 0.6) is 5.88 Å². The van der Waals surface area contributed by atoms with Crippen molar-refractivity contribution >= 4 is 22.5 Å². The second-order valence-electron chi connectivity index (χ2n) is 8.89. The molecule has 0 amide bonds. The second-order valence-corrected chi connectivity index (χ2v) is 8.89. The molecule has 1 aliphatic rings. The summed E-state index contributed by atoms with van der Waals surface area (Å²) in [5.41, 5.74) is 1.20. The lowest BCUT2D eigenvalue weighted by Crippen LogP contribution is -2.53. The minimum absolute atomic E-state index is 0.0460. The van der Waals surface area contributed by atoms with Crippen LogP contribution in [0.15, 0.2) is 24.4 Å². The highest BCUT2D eigenvalue weighted by Crippen LogP contribution is 2.36. The van der Waals surface area contributed by atoms with Crippen LogP contribution in [-0.2, 0) is 0 Å². The Kier molecular flexibility index (Phi) is 5.93. The van der Waals surface area contributed by atoms with E-state index in [1.54, 1.807) is 19.2 Å². The number of halogens is 5. The van der Waals surface area contributed by atoms with Gasteiger partial charge in [0.15, 0.2) is 5.82 Å². The highest BCUT2D eigenvalue weighted by Gasteiger charge is 2.44. The number of benzene rings is 1. The molecule has 4 heterocycles. The van der Waals surface area contributed by atoms with Gasteiger partial charge in [-0.2, -0.15) is 4.98 Å². The van der Waals surface area contributed by atoms with Crippen LogP contribution in [0.4, 0.5) is 27.9 Å². The molecular weight excluding hydrogens is 487 g/mol. The van der Waals surface area contributed by atoms with Crippen molar-refractivity contribution in [2.24, 2.45) is 0 Å². The standard InChI is InChI=1S/C22H23F5N8O/c1-11(19(24)25)35-15-8-12(4-5-14(15)30-32-35)17-13(23)9-34-18(17)20(36-3)29-21(31-34)28-16-6-7-33(2)10-22(16,26)27/h4-5,8-9,11,16,19H,6-7,10H2,1-3H3,(H,28,31)/t11-,16+/m0/s1. The Balaban J connectivity index is 1.57. The van der Waals surface area contributed by atoms with Gasteiger partial charge in [-0.25, -0.2) is 31.1 Å². The number of ether oxygens (including phenoxy) is 1. The zero-order valence-corrected chi connectivity index (χ0v) is 19.6. The Hall–Kier alpha value is -3.55. The summed E-state index contributed by atoms with van der Waals surface area (Å²) in [6.45, 7) is 1.36. The van der Waals surface area contributed by atoms with Crippen LogP contribution in [0, 0.1) is 5.82 Å². The molecule has 1 aromatic carbocycles. The van der Waals surface area contributed by atoms with E-state index in [4.69, 9.17) is 4.74 Å². The summed E-state index contributed by atoms with van der Waals surface area (Å²) in [6.07, 6.45) is -1.44. The monoisotopic (exact) mass is 510 g/mol. The summed E-state index contributed by atoms with van der Waals surface area (Å²) in [4.78, 5) is 5.75. The Morgan fingerprint density at radius 3 is 2.72 bits per heavy atom. The van der Waals surface area contributed by atoms with Crippen LogP contribution >= 0.6 is 0 Å². The number of hydrogen-bond donors (Lipinski definition) is 1. The van der Waals surface area contributed by atoms with Crippen molar-refractivity contribution in [3.63, 3.8) is 0 Å². The molecule has 3 aromatic heterocycles. The van der Waals surface area contributed by atoms with E-state index in [9.17, 15) is 17.6 Å². The van der Waals surface area contributed by atoms with Gasteiger partial charge in [0, 0.05) is 6.54 Å². The third-order valence-corrected chi connectivity index (χ3v) is 6.35. The fraction of sp³-hybridized carbons (Fsp3) is 0.455. The van der Waals surface area contributed by atoms with E-state index >= 15 is 4.39 Å². The summed E-state index contributed by atoms with van der Waals surface area (Å²) >= 11 is 0. The van der Waals surface area contributed by atoms with E-state index in [1.165, 1.54) is 25.0 Å². The van der Waals surface area contributed by atoms with Gasteiger partial charge in [-0.05, 0) is 38.1 Å². The Morgan fingerprint density at radius 1 is 1.25 bits per heavy atom. The van der Waals surface area contributed by atoms with E-state index in [0.717, 1.165) is 15.4 Å². The maximum Gasteiger partial charge on any atom is 0.280 e. The molecule has 1 fully saturated rings. The molecule has 1 aliphatic heterocycles. The van der Waals surface area contributed by atoms with Gasteiger partial charge in [0.25, 0.3) is 12.3 Å². The minimum Gasteiger partial charge on any atom is -0.479 e. The highest BCUT2D eigenvalue weighted by atomic mass is 19.3. The molecule has 0 unspecified atom stereocenters. The molecule has 0 saturated carbocycles. The van der Waals surface area contributed by atoms with Gasteiger partial charge in [-0.1, -0.05) is 11.3 Å². The first-order valence-corrected chi connectivity index (χ1v) is 11.2. The van der Waals surface area contributed by atoms with Gasteiger partial charge < -0.3 is 15.0 Å². The molecule has 4 aromatic rings. The van der Waals surface area contributed by atoms with Gasteiger partial charge >= 0.3 is 0 Å². The molecule has 0 bridgehead atoms. The van der Waals surface area contributed by atoms with Crippen LogP contribution in [0.25, 0.3) is 27.7 Å². The van der Waals surface area contributed by atoms with Crippen LogP contribution in [0.2, 0.25) is 0 Å². The molecule has 1 N–H and O–H groups in total. The number of fused-ring (bicyclic) bond motifs is 2. The molecule has 0 spiro atoms. The normalized spacial score (nSPS) is 19.3. The summed E-state index contributed by atoms with van der Waals surface area (Å²) in [5, 5.41) is 14.6. The first kappa shape index (κ1) is 24.2. The number of aromatic nitrogens is 6. The predicted octanol–water partition coefficient (Wildman–Crippen LogP) is 3.87. The number of hydrogen-bond acceptors (Lipinski definition) is 7. The van der Waals surface area contributed by atoms with E-state index in [2.05, 4.69) is 25.7 Å². The Labute approximate surface area is 201 Å². The minimum atomic E-state index is -3.02. The first-order valence-electron chi connectivity index (χ1n) is 11.2. The summed E-state index contributed by atoms with van der Waals surface area (Å²) in [5.74, 6) is -3.90. The zero-order chi connectivity index (χ0) is 25.8. The van der Waals surface area contributed by atoms with Crippen molar-refractivity contribution in [3.05, 3.63) is 30.2 Å². The molecule has 14 heteroatoms. The van der Waals surface area contributed by atoms with E-state index in [1.807, 2.05) is 0 Å². The predicted molar refractivity (Wildman–Crippen MR) is 121 cm³/mol. The molecule has 5 rings (SSSR count). The van der Waals surface area contributed by atoms with Crippen LogP contribution in [0.1, 0.15) is 19.4 Å².